The van der Waals surface area contributed by atoms with Crippen molar-refractivity contribution in [2.45, 2.75) is 19.3 Å². The number of anilines is 2. The minimum Gasteiger partial charge on any atom is -0.357 e. The molecule has 1 aliphatic rings. The first-order valence-electron chi connectivity index (χ1n) is 8.25. The minimum absolute atomic E-state index is 0.161. The molecule has 1 aliphatic heterocycles. The van der Waals surface area contributed by atoms with Crippen LogP contribution in [0.2, 0.25) is 0 Å². The number of piperidine rings is 1. The molecule has 0 bridgehead atoms. The van der Waals surface area contributed by atoms with Gasteiger partial charge in [0.2, 0.25) is 0 Å². The summed E-state index contributed by atoms with van der Waals surface area (Å²) in [7, 11) is 0. The number of hydrogen-bond donors (Lipinski definition) is 2. The van der Waals surface area contributed by atoms with Crippen molar-refractivity contribution in [3.8, 4) is 0 Å². The Morgan fingerprint density at radius 2 is 1.96 bits per heavy atom. The highest BCUT2D eigenvalue weighted by molar-refractivity contribution is 6.04. The fourth-order valence-electron chi connectivity index (χ4n) is 3.05. The number of rotatable bonds is 3. The highest BCUT2D eigenvalue weighted by Gasteiger charge is 2.13. The Balaban J connectivity index is 1.47. The number of nitrogens with zero attached hydrogens (tertiary/aromatic N) is 3. The number of fused-ring (bicyclic) bond motifs is 1. The number of carbonyl (C=O) groups excluding carboxylic acids is 1. The van der Waals surface area contributed by atoms with Crippen LogP contribution in [-0.2, 0) is 0 Å². The zero-order chi connectivity index (χ0) is 16.4. The first kappa shape index (κ1) is 14.7. The second kappa shape index (κ2) is 6.31. The van der Waals surface area contributed by atoms with E-state index < -0.39 is 0 Å². The Morgan fingerprint density at radius 3 is 2.75 bits per heavy atom. The molecule has 0 atom stereocenters. The average molecular weight is 321 g/mol. The van der Waals surface area contributed by atoms with Crippen molar-refractivity contribution in [3.05, 3.63) is 48.3 Å². The van der Waals surface area contributed by atoms with E-state index in [4.69, 9.17) is 0 Å². The van der Waals surface area contributed by atoms with Gasteiger partial charge in [-0.05, 0) is 49.6 Å². The van der Waals surface area contributed by atoms with Gasteiger partial charge < -0.3 is 10.2 Å². The Labute approximate surface area is 139 Å². The van der Waals surface area contributed by atoms with Gasteiger partial charge in [0.15, 0.2) is 0 Å². The van der Waals surface area contributed by atoms with Gasteiger partial charge in [-0.25, -0.2) is 4.98 Å². The summed E-state index contributed by atoms with van der Waals surface area (Å²) in [6.07, 6.45) is 7.11. The lowest BCUT2D eigenvalue weighted by molar-refractivity contribution is 0.102. The zero-order valence-electron chi connectivity index (χ0n) is 13.3. The molecule has 1 amide bonds. The Bertz CT molecular complexity index is 849. The standard InChI is InChI=1S/C18H19N5O/c24-18(21-15-6-4-13-12-20-22-16(13)10-15)14-5-7-17(19-11-14)23-8-2-1-3-9-23/h4-7,10-12H,1-3,8-9H2,(H,20,22)(H,21,24). The lowest BCUT2D eigenvalue weighted by atomic mass is 10.1. The molecule has 3 heterocycles. The smallest absolute Gasteiger partial charge is 0.257 e. The van der Waals surface area contributed by atoms with Crippen LogP contribution >= 0.6 is 0 Å². The number of carbonyl (C=O) groups is 1. The molecule has 2 N–H and O–H groups in total. The molecule has 6 nitrogen and oxygen atoms in total. The van der Waals surface area contributed by atoms with Gasteiger partial charge in [0, 0.05) is 30.4 Å². The van der Waals surface area contributed by atoms with E-state index in [9.17, 15) is 4.79 Å². The fourth-order valence-corrected chi connectivity index (χ4v) is 3.05. The van der Waals surface area contributed by atoms with E-state index in [2.05, 4.69) is 25.4 Å². The van der Waals surface area contributed by atoms with Crippen LogP contribution in [0.25, 0.3) is 10.9 Å². The van der Waals surface area contributed by atoms with Crippen molar-refractivity contribution in [3.63, 3.8) is 0 Å². The molecule has 24 heavy (non-hydrogen) atoms. The number of nitrogens with one attached hydrogen (secondary N) is 2. The molecule has 6 heteroatoms. The van der Waals surface area contributed by atoms with Gasteiger partial charge in [0.25, 0.3) is 5.91 Å². The molecule has 0 aliphatic carbocycles. The molecular formula is C18H19N5O. The molecule has 0 saturated carbocycles. The number of amides is 1. The maximum Gasteiger partial charge on any atom is 0.257 e. The molecule has 0 spiro atoms. The summed E-state index contributed by atoms with van der Waals surface area (Å²) in [6.45, 7) is 2.09. The maximum atomic E-state index is 12.4. The van der Waals surface area contributed by atoms with Gasteiger partial charge in [-0.3, -0.25) is 9.89 Å². The van der Waals surface area contributed by atoms with Crippen molar-refractivity contribution in [2.75, 3.05) is 23.3 Å². The molecule has 0 radical (unpaired) electrons. The summed E-state index contributed by atoms with van der Waals surface area (Å²) >= 11 is 0. The average Bonchev–Trinajstić information content (AvgIpc) is 3.10. The van der Waals surface area contributed by atoms with Gasteiger partial charge in [0.05, 0.1) is 17.3 Å². The summed E-state index contributed by atoms with van der Waals surface area (Å²) in [5, 5.41) is 10.8. The molecule has 1 aromatic carbocycles. The molecule has 1 saturated heterocycles. The second-order valence-corrected chi connectivity index (χ2v) is 6.08. The molecule has 4 rings (SSSR count). The molecular weight excluding hydrogens is 302 g/mol. The molecule has 0 unspecified atom stereocenters. The van der Waals surface area contributed by atoms with Gasteiger partial charge in [0.1, 0.15) is 5.82 Å². The SMILES string of the molecule is O=C(Nc1ccc2cn[nH]c2c1)c1ccc(N2CCCCC2)nc1. The van der Waals surface area contributed by atoms with Crippen molar-refractivity contribution in [1.82, 2.24) is 15.2 Å². The first-order valence-corrected chi connectivity index (χ1v) is 8.25. The maximum absolute atomic E-state index is 12.4. The third kappa shape index (κ3) is 2.95. The zero-order valence-corrected chi connectivity index (χ0v) is 13.3. The number of H-pyrrole nitrogens is 1. The summed E-state index contributed by atoms with van der Waals surface area (Å²) in [4.78, 5) is 19.1. The van der Waals surface area contributed by atoms with E-state index in [0.717, 1.165) is 35.5 Å². The quantitative estimate of drug-likeness (QED) is 0.777. The first-order chi connectivity index (χ1) is 11.8. The van der Waals surface area contributed by atoms with E-state index in [1.807, 2.05) is 30.3 Å². The minimum atomic E-state index is -0.161. The lowest BCUT2D eigenvalue weighted by Crippen LogP contribution is -2.30. The van der Waals surface area contributed by atoms with Crippen molar-refractivity contribution >= 4 is 28.3 Å². The van der Waals surface area contributed by atoms with Gasteiger partial charge >= 0.3 is 0 Å². The molecule has 1 fully saturated rings. The number of aromatic amines is 1. The molecule has 2 aromatic heterocycles. The van der Waals surface area contributed by atoms with Gasteiger partial charge in [-0.15, -0.1) is 0 Å². The fraction of sp³-hybridized carbons (Fsp3) is 0.278. The van der Waals surface area contributed by atoms with Crippen LogP contribution in [0.5, 0.6) is 0 Å². The number of aromatic nitrogens is 3. The highest BCUT2D eigenvalue weighted by atomic mass is 16.1. The van der Waals surface area contributed by atoms with E-state index in [0.29, 0.717) is 5.56 Å². The van der Waals surface area contributed by atoms with E-state index in [1.54, 1.807) is 12.4 Å². The predicted molar refractivity (Wildman–Crippen MR) is 94.3 cm³/mol. The van der Waals surface area contributed by atoms with Crippen LogP contribution in [0.4, 0.5) is 11.5 Å². The van der Waals surface area contributed by atoms with Crippen molar-refractivity contribution in [1.29, 1.82) is 0 Å². The molecule has 122 valence electrons. The summed E-state index contributed by atoms with van der Waals surface area (Å²) in [5.74, 6) is 0.789. The van der Waals surface area contributed by atoms with E-state index in [1.165, 1.54) is 19.3 Å². The Morgan fingerprint density at radius 1 is 1.08 bits per heavy atom. The topological polar surface area (TPSA) is 73.9 Å². The second-order valence-electron chi connectivity index (χ2n) is 6.08. The van der Waals surface area contributed by atoms with Crippen LogP contribution in [0.1, 0.15) is 29.6 Å². The van der Waals surface area contributed by atoms with Gasteiger partial charge in [-0.1, -0.05) is 0 Å². The largest absolute Gasteiger partial charge is 0.357 e. The van der Waals surface area contributed by atoms with Crippen molar-refractivity contribution < 1.29 is 4.79 Å². The van der Waals surface area contributed by atoms with Crippen LogP contribution < -0.4 is 10.2 Å². The normalized spacial score (nSPS) is 14.8. The number of pyridine rings is 1. The Kier molecular flexibility index (Phi) is 3.86. The summed E-state index contributed by atoms with van der Waals surface area (Å²) in [6, 6.07) is 9.42. The number of hydrogen-bond acceptors (Lipinski definition) is 4. The predicted octanol–water partition coefficient (Wildman–Crippen LogP) is 3.20. The van der Waals surface area contributed by atoms with Crippen molar-refractivity contribution in [2.24, 2.45) is 0 Å². The van der Waals surface area contributed by atoms with E-state index in [-0.39, 0.29) is 5.91 Å². The lowest BCUT2D eigenvalue weighted by Gasteiger charge is -2.27. The van der Waals surface area contributed by atoms with Gasteiger partial charge in [-0.2, -0.15) is 5.10 Å². The Hall–Kier alpha value is -2.89. The summed E-state index contributed by atoms with van der Waals surface area (Å²) in [5.41, 5.74) is 2.18. The third-order valence-electron chi connectivity index (χ3n) is 4.39. The van der Waals surface area contributed by atoms with Crippen LogP contribution in [0, 0.1) is 0 Å². The highest BCUT2D eigenvalue weighted by Crippen LogP contribution is 2.19. The van der Waals surface area contributed by atoms with Crippen LogP contribution in [0.3, 0.4) is 0 Å². The van der Waals surface area contributed by atoms with E-state index >= 15 is 0 Å². The molecule has 3 aromatic rings. The van der Waals surface area contributed by atoms with Crippen LogP contribution in [-0.4, -0.2) is 34.2 Å². The summed E-state index contributed by atoms with van der Waals surface area (Å²) < 4.78 is 0. The van der Waals surface area contributed by atoms with Crippen LogP contribution in [0.15, 0.2) is 42.7 Å². The third-order valence-corrected chi connectivity index (χ3v) is 4.39. The number of benzene rings is 1. The monoisotopic (exact) mass is 321 g/mol.